The molecule has 0 aliphatic carbocycles. The van der Waals surface area contributed by atoms with E-state index in [9.17, 15) is 0 Å². The van der Waals surface area contributed by atoms with E-state index in [2.05, 4.69) is 10.2 Å². The van der Waals surface area contributed by atoms with Crippen molar-refractivity contribution in [3.8, 4) is 0 Å². The minimum Gasteiger partial charge on any atom is -0.382 e. The van der Waals surface area contributed by atoms with Gasteiger partial charge in [0.25, 0.3) is 0 Å². The Bertz CT molecular complexity index is 305. The Kier molecular flexibility index (Phi) is 4.11. The molecule has 0 aliphatic rings. The van der Waals surface area contributed by atoms with Gasteiger partial charge in [-0.1, -0.05) is 0 Å². The van der Waals surface area contributed by atoms with Gasteiger partial charge in [0.2, 0.25) is 0 Å². The van der Waals surface area contributed by atoms with Gasteiger partial charge in [-0.05, 0) is 25.6 Å². The van der Waals surface area contributed by atoms with Crippen LogP contribution in [0.3, 0.4) is 0 Å². The van der Waals surface area contributed by atoms with Gasteiger partial charge in [0.1, 0.15) is 5.82 Å². The number of aromatic nitrogens is 3. The van der Waals surface area contributed by atoms with Crippen LogP contribution in [0.5, 0.6) is 0 Å². The fraction of sp³-hybridized carbons (Fsp3) is 0.750. The fourth-order valence-electron chi connectivity index (χ4n) is 1.08. The molecule has 1 heterocycles. The van der Waals surface area contributed by atoms with Crippen LogP contribution in [0.4, 0.5) is 0 Å². The van der Waals surface area contributed by atoms with Crippen LogP contribution >= 0.6 is 12.2 Å². The second-order valence-corrected chi connectivity index (χ2v) is 3.19. The predicted octanol–water partition coefficient (Wildman–Crippen LogP) is 1.45. The summed E-state index contributed by atoms with van der Waals surface area (Å²) in [6.07, 6.45) is 1.89. The highest BCUT2D eigenvalue weighted by Crippen LogP contribution is 1.98. The quantitative estimate of drug-likeness (QED) is 0.579. The molecular formula is C8H15N3OS. The number of ether oxygens (including phenoxy) is 1. The molecule has 13 heavy (non-hydrogen) atoms. The lowest BCUT2D eigenvalue weighted by Gasteiger charge is -2.00. The summed E-state index contributed by atoms with van der Waals surface area (Å²) in [6.45, 7) is 3.56. The van der Waals surface area contributed by atoms with Gasteiger partial charge in [0.05, 0.1) is 0 Å². The van der Waals surface area contributed by atoms with Gasteiger partial charge in [-0.3, -0.25) is 5.10 Å². The summed E-state index contributed by atoms with van der Waals surface area (Å²) in [4.78, 5) is 0. The van der Waals surface area contributed by atoms with Crippen molar-refractivity contribution < 1.29 is 4.74 Å². The lowest BCUT2D eigenvalue weighted by Crippen LogP contribution is -2.01. The molecule has 5 heteroatoms. The zero-order chi connectivity index (χ0) is 9.68. The molecule has 0 aliphatic heterocycles. The fourth-order valence-corrected chi connectivity index (χ4v) is 1.23. The molecule has 0 radical (unpaired) electrons. The molecule has 0 spiro atoms. The highest BCUT2D eigenvalue weighted by atomic mass is 32.1. The summed E-state index contributed by atoms with van der Waals surface area (Å²) in [5, 5.41) is 6.86. The maximum atomic E-state index is 5.23. The maximum absolute atomic E-state index is 5.23. The largest absolute Gasteiger partial charge is 0.382 e. The van der Waals surface area contributed by atoms with Gasteiger partial charge in [0.15, 0.2) is 4.77 Å². The van der Waals surface area contributed by atoms with E-state index in [1.165, 1.54) is 0 Å². The molecule has 0 fully saturated rings. The number of aryl methyl sites for hydroxylation is 1. The summed E-state index contributed by atoms with van der Waals surface area (Å²) in [5.41, 5.74) is 0. The van der Waals surface area contributed by atoms with E-state index in [4.69, 9.17) is 17.0 Å². The first kappa shape index (κ1) is 10.4. The molecule has 74 valence electrons. The Morgan fingerprint density at radius 1 is 1.62 bits per heavy atom. The third kappa shape index (κ3) is 2.93. The monoisotopic (exact) mass is 201 g/mol. The van der Waals surface area contributed by atoms with Crippen molar-refractivity contribution in [2.45, 2.75) is 19.8 Å². The molecule has 1 aromatic heterocycles. The second-order valence-electron chi connectivity index (χ2n) is 2.80. The predicted molar refractivity (Wildman–Crippen MR) is 53.2 cm³/mol. The Labute approximate surface area is 82.9 Å². The summed E-state index contributed by atoms with van der Waals surface area (Å²) < 4.78 is 7.79. The molecule has 0 saturated heterocycles. The maximum Gasteiger partial charge on any atom is 0.194 e. The number of H-pyrrole nitrogens is 1. The highest BCUT2D eigenvalue weighted by molar-refractivity contribution is 7.71. The van der Waals surface area contributed by atoms with Crippen LogP contribution in [0.1, 0.15) is 19.2 Å². The van der Waals surface area contributed by atoms with E-state index in [0.717, 1.165) is 31.9 Å². The van der Waals surface area contributed by atoms with Gasteiger partial charge in [-0.25, -0.2) is 0 Å². The third-order valence-electron chi connectivity index (χ3n) is 1.87. The average molecular weight is 201 g/mol. The summed E-state index contributed by atoms with van der Waals surface area (Å²) >= 11 is 4.99. The lowest BCUT2D eigenvalue weighted by molar-refractivity contribution is 0.144. The summed E-state index contributed by atoms with van der Waals surface area (Å²) in [5.74, 6) is 0.990. The molecule has 0 atom stereocenters. The van der Waals surface area contributed by atoms with E-state index in [1.54, 1.807) is 0 Å². The van der Waals surface area contributed by atoms with Crippen LogP contribution in [0.2, 0.25) is 0 Å². The minimum atomic E-state index is 0.673. The van der Waals surface area contributed by atoms with Crippen molar-refractivity contribution in [2.75, 3.05) is 13.2 Å². The number of rotatable bonds is 5. The molecule has 1 aromatic rings. The van der Waals surface area contributed by atoms with Crippen LogP contribution in [0.25, 0.3) is 0 Å². The van der Waals surface area contributed by atoms with Crippen LogP contribution in [0.15, 0.2) is 0 Å². The van der Waals surface area contributed by atoms with E-state index in [-0.39, 0.29) is 0 Å². The first-order valence-corrected chi connectivity index (χ1v) is 4.84. The van der Waals surface area contributed by atoms with Crippen molar-refractivity contribution in [3.63, 3.8) is 0 Å². The molecule has 1 N–H and O–H groups in total. The number of nitrogens with zero attached hydrogens (tertiary/aromatic N) is 2. The SMILES string of the molecule is CCOCCCc1n[nH]c(=S)n1C. The Balaban J connectivity index is 2.37. The van der Waals surface area contributed by atoms with Crippen LogP contribution in [-0.2, 0) is 18.2 Å². The molecule has 1 rings (SSSR count). The van der Waals surface area contributed by atoms with E-state index in [1.807, 2.05) is 18.5 Å². The van der Waals surface area contributed by atoms with Crippen molar-refractivity contribution in [1.82, 2.24) is 14.8 Å². The number of nitrogens with one attached hydrogen (secondary N) is 1. The molecule has 0 bridgehead atoms. The highest BCUT2D eigenvalue weighted by Gasteiger charge is 2.00. The van der Waals surface area contributed by atoms with E-state index >= 15 is 0 Å². The van der Waals surface area contributed by atoms with Gasteiger partial charge >= 0.3 is 0 Å². The topological polar surface area (TPSA) is 42.8 Å². The number of hydrogen-bond donors (Lipinski definition) is 1. The van der Waals surface area contributed by atoms with Gasteiger partial charge in [-0.2, -0.15) is 5.10 Å². The third-order valence-corrected chi connectivity index (χ3v) is 2.23. The van der Waals surface area contributed by atoms with Crippen LogP contribution < -0.4 is 0 Å². The normalized spacial score (nSPS) is 10.6. The summed E-state index contributed by atoms with van der Waals surface area (Å²) in [7, 11) is 1.92. The van der Waals surface area contributed by atoms with Crippen molar-refractivity contribution in [2.24, 2.45) is 7.05 Å². The van der Waals surface area contributed by atoms with Gasteiger partial charge in [0, 0.05) is 26.7 Å². The molecule has 4 nitrogen and oxygen atoms in total. The molecule has 0 amide bonds. The first-order chi connectivity index (χ1) is 6.25. The lowest BCUT2D eigenvalue weighted by atomic mass is 10.3. The molecule has 0 unspecified atom stereocenters. The standard InChI is InChI=1S/C8H15N3OS/c1-3-12-6-4-5-7-9-10-8(13)11(7)2/h3-6H2,1-2H3,(H,10,13). The molecule has 0 saturated carbocycles. The molecular weight excluding hydrogens is 186 g/mol. The van der Waals surface area contributed by atoms with Crippen LogP contribution in [-0.4, -0.2) is 28.0 Å². The number of hydrogen-bond acceptors (Lipinski definition) is 3. The Hall–Kier alpha value is -0.680. The Morgan fingerprint density at radius 3 is 2.92 bits per heavy atom. The van der Waals surface area contributed by atoms with E-state index < -0.39 is 0 Å². The van der Waals surface area contributed by atoms with E-state index in [0.29, 0.717) is 4.77 Å². The van der Waals surface area contributed by atoms with Crippen LogP contribution in [0, 0.1) is 4.77 Å². The smallest absolute Gasteiger partial charge is 0.194 e. The zero-order valence-electron chi connectivity index (χ0n) is 8.04. The minimum absolute atomic E-state index is 0.673. The average Bonchev–Trinajstić information content (AvgIpc) is 2.43. The van der Waals surface area contributed by atoms with Crippen molar-refractivity contribution in [3.05, 3.63) is 10.6 Å². The van der Waals surface area contributed by atoms with Gasteiger partial charge in [-0.15, -0.1) is 0 Å². The molecule has 0 aromatic carbocycles. The number of aromatic amines is 1. The first-order valence-electron chi connectivity index (χ1n) is 4.43. The summed E-state index contributed by atoms with van der Waals surface area (Å²) in [6, 6.07) is 0. The van der Waals surface area contributed by atoms with Crippen molar-refractivity contribution in [1.29, 1.82) is 0 Å². The Morgan fingerprint density at radius 2 is 2.38 bits per heavy atom. The van der Waals surface area contributed by atoms with Gasteiger partial charge < -0.3 is 9.30 Å². The second kappa shape index (κ2) is 5.14. The van der Waals surface area contributed by atoms with Crippen molar-refractivity contribution >= 4 is 12.2 Å². The zero-order valence-corrected chi connectivity index (χ0v) is 8.86.